The second-order valence-electron chi connectivity index (χ2n) is 3.91. The Morgan fingerprint density at radius 1 is 1.50 bits per heavy atom. The Morgan fingerprint density at radius 2 is 2.12 bits per heavy atom. The van der Waals surface area contributed by atoms with Crippen molar-refractivity contribution < 1.29 is 4.79 Å². The first-order valence-electron chi connectivity index (χ1n) is 4.92. The molecule has 16 heavy (non-hydrogen) atoms. The van der Waals surface area contributed by atoms with Crippen molar-refractivity contribution in [1.29, 1.82) is 0 Å². The van der Waals surface area contributed by atoms with Gasteiger partial charge in [-0.3, -0.25) is 10.2 Å². The van der Waals surface area contributed by atoms with Gasteiger partial charge in [0.1, 0.15) is 5.82 Å². The van der Waals surface area contributed by atoms with E-state index in [1.54, 1.807) is 14.1 Å². The van der Waals surface area contributed by atoms with E-state index in [2.05, 4.69) is 15.4 Å². The molecular formula is C10H15ClN4O. The van der Waals surface area contributed by atoms with Gasteiger partial charge < -0.3 is 0 Å². The molecule has 1 aromatic rings. The number of nitrogens with one attached hydrogen (secondary N) is 1. The number of nitrogens with zero attached hydrogens (tertiary/aromatic N) is 3. The summed E-state index contributed by atoms with van der Waals surface area (Å²) in [5.74, 6) is 0.427. The summed E-state index contributed by atoms with van der Waals surface area (Å²) in [4.78, 5) is 19.9. The third-order valence-corrected chi connectivity index (χ3v) is 2.10. The fraction of sp³-hybridized carbons (Fsp3) is 0.500. The van der Waals surface area contributed by atoms with E-state index < -0.39 is 0 Å². The van der Waals surface area contributed by atoms with Crippen LogP contribution in [-0.2, 0) is 0 Å². The minimum absolute atomic E-state index is 0.156. The first-order valence-corrected chi connectivity index (χ1v) is 5.30. The van der Waals surface area contributed by atoms with Crippen molar-refractivity contribution in [1.82, 2.24) is 20.4 Å². The summed E-state index contributed by atoms with van der Waals surface area (Å²) in [6.07, 6.45) is 1.45. The first kappa shape index (κ1) is 12.9. The molecule has 0 aromatic carbocycles. The molecule has 0 aliphatic heterocycles. The molecule has 1 heterocycles. The van der Waals surface area contributed by atoms with Gasteiger partial charge in [0.15, 0.2) is 5.69 Å². The van der Waals surface area contributed by atoms with Gasteiger partial charge in [-0.05, 0) is 0 Å². The zero-order chi connectivity index (χ0) is 12.3. The van der Waals surface area contributed by atoms with Crippen molar-refractivity contribution in [3.8, 4) is 0 Å². The molecule has 0 fully saturated rings. The molecular weight excluding hydrogens is 228 g/mol. The van der Waals surface area contributed by atoms with E-state index in [-0.39, 0.29) is 22.5 Å². The van der Waals surface area contributed by atoms with Gasteiger partial charge in [0.25, 0.3) is 5.91 Å². The molecule has 0 saturated heterocycles. The molecule has 0 unspecified atom stereocenters. The van der Waals surface area contributed by atoms with E-state index in [9.17, 15) is 4.79 Å². The summed E-state index contributed by atoms with van der Waals surface area (Å²) in [5, 5.41) is 1.79. The molecule has 1 N–H and O–H groups in total. The normalized spacial score (nSPS) is 10.9. The highest BCUT2D eigenvalue weighted by atomic mass is 35.5. The van der Waals surface area contributed by atoms with Gasteiger partial charge >= 0.3 is 0 Å². The Balaban J connectivity index is 3.02. The molecule has 0 bridgehead atoms. The standard InChI is InChI=1S/C10H15ClN4O/c1-6(2)9-12-5-7(11)8(13-9)10(16)14-15(3)4/h5-6H,1-4H3,(H,14,16). The number of hydrogen-bond acceptors (Lipinski definition) is 4. The minimum Gasteiger partial charge on any atom is -0.284 e. The Kier molecular flexibility index (Phi) is 4.20. The Bertz CT molecular complexity index is 392. The van der Waals surface area contributed by atoms with E-state index >= 15 is 0 Å². The van der Waals surface area contributed by atoms with Gasteiger partial charge in [-0.1, -0.05) is 25.4 Å². The second-order valence-corrected chi connectivity index (χ2v) is 4.32. The maximum Gasteiger partial charge on any atom is 0.285 e. The average molecular weight is 243 g/mol. The molecule has 0 saturated carbocycles. The van der Waals surface area contributed by atoms with Crippen molar-refractivity contribution in [2.24, 2.45) is 0 Å². The number of hydrazine groups is 1. The van der Waals surface area contributed by atoms with Crippen LogP contribution in [0.15, 0.2) is 6.20 Å². The lowest BCUT2D eigenvalue weighted by Gasteiger charge is -2.13. The molecule has 1 amide bonds. The number of hydrogen-bond donors (Lipinski definition) is 1. The Labute approximate surface area is 99.8 Å². The summed E-state index contributed by atoms with van der Waals surface area (Å²) in [6, 6.07) is 0. The summed E-state index contributed by atoms with van der Waals surface area (Å²) in [6.45, 7) is 3.91. The maximum atomic E-state index is 11.7. The average Bonchev–Trinajstić information content (AvgIpc) is 2.16. The lowest BCUT2D eigenvalue weighted by molar-refractivity contribution is 0.0851. The number of carbonyl (C=O) groups is 1. The van der Waals surface area contributed by atoms with Crippen LogP contribution in [-0.4, -0.2) is 35.0 Å². The van der Waals surface area contributed by atoms with Gasteiger partial charge in [0.05, 0.1) is 11.2 Å². The largest absolute Gasteiger partial charge is 0.285 e. The second kappa shape index (κ2) is 5.23. The summed E-state index contributed by atoms with van der Waals surface area (Å²) >= 11 is 5.87. The SMILES string of the molecule is CC(C)c1ncc(Cl)c(C(=O)NN(C)C)n1. The Morgan fingerprint density at radius 3 is 2.62 bits per heavy atom. The quantitative estimate of drug-likeness (QED) is 0.816. The molecule has 0 radical (unpaired) electrons. The van der Waals surface area contributed by atoms with Crippen LogP contribution in [0.2, 0.25) is 5.02 Å². The van der Waals surface area contributed by atoms with E-state index in [0.29, 0.717) is 5.82 Å². The predicted octanol–water partition coefficient (Wildman–Crippen LogP) is 1.46. The van der Waals surface area contributed by atoms with Crippen molar-refractivity contribution in [3.05, 3.63) is 22.7 Å². The molecule has 0 spiro atoms. The zero-order valence-electron chi connectivity index (χ0n) is 9.78. The first-order chi connectivity index (χ1) is 7.41. The van der Waals surface area contributed by atoms with Crippen LogP contribution < -0.4 is 5.43 Å². The molecule has 5 nitrogen and oxygen atoms in total. The smallest absolute Gasteiger partial charge is 0.284 e. The fourth-order valence-corrected chi connectivity index (χ4v) is 1.25. The van der Waals surface area contributed by atoms with Gasteiger partial charge in [0, 0.05) is 20.0 Å². The van der Waals surface area contributed by atoms with Gasteiger partial charge in [-0.15, -0.1) is 0 Å². The van der Waals surface area contributed by atoms with Crippen molar-refractivity contribution in [2.45, 2.75) is 19.8 Å². The molecule has 88 valence electrons. The molecule has 1 rings (SSSR count). The van der Waals surface area contributed by atoms with Crippen molar-refractivity contribution in [3.63, 3.8) is 0 Å². The molecule has 6 heteroatoms. The third kappa shape index (κ3) is 3.15. The summed E-state index contributed by atoms with van der Waals surface area (Å²) < 4.78 is 0. The third-order valence-electron chi connectivity index (χ3n) is 1.82. The molecule has 0 atom stereocenters. The van der Waals surface area contributed by atoms with Crippen LogP contribution >= 0.6 is 11.6 Å². The zero-order valence-corrected chi connectivity index (χ0v) is 10.5. The van der Waals surface area contributed by atoms with Crippen LogP contribution in [0, 0.1) is 0 Å². The highest BCUT2D eigenvalue weighted by molar-refractivity contribution is 6.33. The maximum absolute atomic E-state index is 11.7. The monoisotopic (exact) mass is 242 g/mol. The lowest BCUT2D eigenvalue weighted by Crippen LogP contribution is -2.37. The Hall–Kier alpha value is -1.20. The van der Waals surface area contributed by atoms with Crippen LogP contribution in [0.3, 0.4) is 0 Å². The van der Waals surface area contributed by atoms with Crippen molar-refractivity contribution in [2.75, 3.05) is 14.1 Å². The van der Waals surface area contributed by atoms with Crippen LogP contribution in [0.4, 0.5) is 0 Å². The topological polar surface area (TPSA) is 58.1 Å². The minimum atomic E-state index is -0.334. The van der Waals surface area contributed by atoms with Gasteiger partial charge in [0.2, 0.25) is 0 Å². The van der Waals surface area contributed by atoms with E-state index in [1.807, 2.05) is 13.8 Å². The van der Waals surface area contributed by atoms with Crippen LogP contribution in [0.1, 0.15) is 36.1 Å². The number of carbonyl (C=O) groups excluding carboxylic acids is 1. The number of amides is 1. The van der Waals surface area contributed by atoms with E-state index in [4.69, 9.17) is 11.6 Å². The number of halogens is 1. The van der Waals surface area contributed by atoms with Crippen LogP contribution in [0.5, 0.6) is 0 Å². The van der Waals surface area contributed by atoms with Gasteiger partial charge in [-0.25, -0.2) is 15.0 Å². The van der Waals surface area contributed by atoms with Crippen LogP contribution in [0.25, 0.3) is 0 Å². The highest BCUT2D eigenvalue weighted by Gasteiger charge is 2.15. The summed E-state index contributed by atoms with van der Waals surface area (Å²) in [5.41, 5.74) is 2.79. The molecule has 1 aromatic heterocycles. The highest BCUT2D eigenvalue weighted by Crippen LogP contribution is 2.16. The van der Waals surface area contributed by atoms with Gasteiger partial charge in [-0.2, -0.15) is 0 Å². The van der Waals surface area contributed by atoms with Crippen molar-refractivity contribution >= 4 is 17.5 Å². The predicted molar refractivity (Wildman–Crippen MR) is 62.3 cm³/mol. The van der Waals surface area contributed by atoms with E-state index in [0.717, 1.165) is 0 Å². The molecule has 0 aliphatic carbocycles. The number of rotatable bonds is 3. The number of aromatic nitrogens is 2. The summed E-state index contributed by atoms with van der Waals surface area (Å²) in [7, 11) is 3.44. The fourth-order valence-electron chi connectivity index (χ4n) is 1.07. The molecule has 0 aliphatic rings. The lowest BCUT2D eigenvalue weighted by atomic mass is 10.2. The van der Waals surface area contributed by atoms with E-state index in [1.165, 1.54) is 11.2 Å².